The van der Waals surface area contributed by atoms with E-state index in [1.807, 2.05) is 53.1 Å². The van der Waals surface area contributed by atoms with Gasteiger partial charge in [-0.3, -0.25) is 9.67 Å². The van der Waals surface area contributed by atoms with E-state index in [2.05, 4.69) is 26.1 Å². The average molecular weight is 416 g/mol. The van der Waals surface area contributed by atoms with Gasteiger partial charge in [0.25, 0.3) is 0 Å². The van der Waals surface area contributed by atoms with E-state index in [0.717, 1.165) is 26.8 Å². The molecule has 0 aliphatic rings. The van der Waals surface area contributed by atoms with Crippen LogP contribution in [0, 0.1) is 4.77 Å². The highest BCUT2D eigenvalue weighted by Crippen LogP contribution is 2.29. The molecule has 0 fully saturated rings. The van der Waals surface area contributed by atoms with Crippen LogP contribution in [-0.4, -0.2) is 21.9 Å². The Kier molecular flexibility index (Phi) is 4.19. The number of aromatic amines is 1. The molecule has 2 aromatic carbocycles. The number of furan rings is 1. The number of nitrogens with zero attached hydrogens (tertiary/aromatic N) is 2. The molecule has 4 rings (SSSR count). The Bertz CT molecular complexity index is 1080. The van der Waals surface area contributed by atoms with Crippen LogP contribution in [0.1, 0.15) is 5.56 Å². The molecule has 5 nitrogen and oxygen atoms in total. The highest BCUT2D eigenvalue weighted by atomic mass is 79.9. The minimum absolute atomic E-state index is 0.544. The first-order chi connectivity index (χ1) is 12.2. The van der Waals surface area contributed by atoms with E-state index in [0.29, 0.717) is 22.9 Å². The molecule has 7 heteroatoms. The number of benzene rings is 2. The SMILES string of the molecule is COc1ccc(Cn2c(-c3cc4ccccc4o3)n[nH]c2=S)cc1Br. The largest absolute Gasteiger partial charge is 0.496 e. The normalized spacial score (nSPS) is 11.1. The van der Waals surface area contributed by atoms with Gasteiger partial charge in [0, 0.05) is 5.39 Å². The Morgan fingerprint density at radius 1 is 1.24 bits per heavy atom. The summed E-state index contributed by atoms with van der Waals surface area (Å²) < 4.78 is 14.6. The quantitative estimate of drug-likeness (QED) is 0.466. The van der Waals surface area contributed by atoms with Crippen molar-refractivity contribution in [2.75, 3.05) is 7.11 Å². The second-order valence-corrected chi connectivity index (χ2v) is 6.80. The summed E-state index contributed by atoms with van der Waals surface area (Å²) >= 11 is 8.92. The van der Waals surface area contributed by atoms with E-state index in [1.165, 1.54) is 0 Å². The molecule has 4 aromatic rings. The molecule has 0 aliphatic heterocycles. The molecule has 2 aromatic heterocycles. The van der Waals surface area contributed by atoms with Gasteiger partial charge in [0.2, 0.25) is 0 Å². The fraction of sp³-hybridized carbons (Fsp3) is 0.111. The van der Waals surface area contributed by atoms with Crippen molar-refractivity contribution < 1.29 is 9.15 Å². The third-order valence-corrected chi connectivity index (χ3v) is 4.89. The van der Waals surface area contributed by atoms with E-state index in [9.17, 15) is 0 Å². The molecule has 25 heavy (non-hydrogen) atoms. The number of halogens is 1. The molecule has 0 atom stereocenters. The molecular weight excluding hydrogens is 402 g/mol. The lowest BCUT2D eigenvalue weighted by Gasteiger charge is -2.08. The van der Waals surface area contributed by atoms with Crippen molar-refractivity contribution in [1.82, 2.24) is 14.8 Å². The number of rotatable bonds is 4. The van der Waals surface area contributed by atoms with Gasteiger partial charge in [0.05, 0.1) is 18.1 Å². The van der Waals surface area contributed by atoms with Crippen molar-refractivity contribution in [2.24, 2.45) is 0 Å². The van der Waals surface area contributed by atoms with Crippen molar-refractivity contribution in [3.8, 4) is 17.3 Å². The fourth-order valence-corrected chi connectivity index (χ4v) is 3.52. The summed E-state index contributed by atoms with van der Waals surface area (Å²) in [6.45, 7) is 0.574. The van der Waals surface area contributed by atoms with Gasteiger partial charge in [0.15, 0.2) is 16.4 Å². The van der Waals surface area contributed by atoms with Crippen LogP contribution >= 0.6 is 28.1 Å². The lowest BCUT2D eigenvalue weighted by molar-refractivity contribution is 0.412. The minimum Gasteiger partial charge on any atom is -0.496 e. The van der Waals surface area contributed by atoms with E-state index in [1.54, 1.807) is 7.11 Å². The Balaban J connectivity index is 1.75. The van der Waals surface area contributed by atoms with Gasteiger partial charge in [-0.1, -0.05) is 24.3 Å². The van der Waals surface area contributed by atoms with Crippen LogP contribution in [0.5, 0.6) is 5.75 Å². The van der Waals surface area contributed by atoms with Gasteiger partial charge in [-0.05, 0) is 58.0 Å². The van der Waals surface area contributed by atoms with Crippen LogP contribution < -0.4 is 4.74 Å². The zero-order valence-corrected chi connectivity index (χ0v) is 15.7. The third kappa shape index (κ3) is 3.01. The van der Waals surface area contributed by atoms with Gasteiger partial charge in [-0.2, -0.15) is 5.10 Å². The first-order valence-corrected chi connectivity index (χ1v) is 8.82. The number of ether oxygens (including phenoxy) is 1. The number of methoxy groups -OCH3 is 1. The zero-order valence-electron chi connectivity index (χ0n) is 13.3. The monoisotopic (exact) mass is 415 g/mol. The van der Waals surface area contributed by atoms with E-state index >= 15 is 0 Å². The first kappa shape index (κ1) is 16.1. The Labute approximate surface area is 157 Å². The van der Waals surface area contributed by atoms with Crippen LogP contribution in [0.4, 0.5) is 0 Å². The number of para-hydroxylation sites is 1. The lowest BCUT2D eigenvalue weighted by atomic mass is 10.2. The maximum atomic E-state index is 5.93. The molecule has 0 spiro atoms. The summed E-state index contributed by atoms with van der Waals surface area (Å²) in [5, 5.41) is 8.24. The molecule has 0 unspecified atom stereocenters. The second-order valence-electron chi connectivity index (χ2n) is 5.56. The molecular formula is C18H14BrN3O2S. The molecule has 0 saturated carbocycles. The first-order valence-electron chi connectivity index (χ1n) is 7.62. The average Bonchev–Trinajstić information content (AvgIpc) is 3.19. The van der Waals surface area contributed by atoms with Crippen molar-refractivity contribution >= 4 is 39.1 Å². The molecule has 2 heterocycles. The summed E-state index contributed by atoms with van der Waals surface area (Å²) in [7, 11) is 1.64. The predicted octanol–water partition coefficient (Wildman–Crippen LogP) is 5.17. The van der Waals surface area contributed by atoms with E-state index in [-0.39, 0.29) is 0 Å². The van der Waals surface area contributed by atoms with Crippen LogP contribution in [0.25, 0.3) is 22.6 Å². The predicted molar refractivity (Wildman–Crippen MR) is 102 cm³/mol. The van der Waals surface area contributed by atoms with Crippen molar-refractivity contribution in [3.63, 3.8) is 0 Å². The van der Waals surface area contributed by atoms with Gasteiger partial charge in [-0.25, -0.2) is 0 Å². The Morgan fingerprint density at radius 2 is 2.08 bits per heavy atom. The van der Waals surface area contributed by atoms with Crippen molar-refractivity contribution in [1.29, 1.82) is 0 Å². The molecule has 1 N–H and O–H groups in total. The molecule has 0 bridgehead atoms. The zero-order chi connectivity index (χ0) is 17.4. The summed E-state index contributed by atoms with van der Waals surface area (Å²) in [5.74, 6) is 2.14. The molecule has 0 aliphatic carbocycles. The lowest BCUT2D eigenvalue weighted by Crippen LogP contribution is -2.02. The molecule has 0 radical (unpaired) electrons. The third-order valence-electron chi connectivity index (χ3n) is 3.96. The summed E-state index contributed by atoms with van der Waals surface area (Å²) in [5.41, 5.74) is 1.90. The summed E-state index contributed by atoms with van der Waals surface area (Å²) in [4.78, 5) is 0. The van der Waals surface area contributed by atoms with E-state index < -0.39 is 0 Å². The summed E-state index contributed by atoms with van der Waals surface area (Å²) in [6.07, 6.45) is 0. The van der Waals surface area contributed by atoms with Crippen LogP contribution in [0.2, 0.25) is 0 Å². The maximum absolute atomic E-state index is 5.93. The fourth-order valence-electron chi connectivity index (χ4n) is 2.74. The van der Waals surface area contributed by atoms with Gasteiger partial charge >= 0.3 is 0 Å². The number of H-pyrrole nitrogens is 1. The Morgan fingerprint density at radius 3 is 2.84 bits per heavy atom. The van der Waals surface area contributed by atoms with Crippen LogP contribution in [0.15, 0.2) is 57.4 Å². The molecule has 0 saturated heterocycles. The number of hydrogen-bond donors (Lipinski definition) is 1. The standard InChI is InChI=1S/C18H14BrN3O2S/c1-23-15-7-6-11(8-13(15)19)10-22-17(20-21-18(22)25)16-9-12-4-2-3-5-14(12)24-16/h2-9H,10H2,1H3,(H,21,25). The molecule has 126 valence electrons. The Hall–Kier alpha value is -2.38. The van der Waals surface area contributed by atoms with Gasteiger partial charge in [0.1, 0.15) is 11.3 Å². The van der Waals surface area contributed by atoms with Gasteiger partial charge < -0.3 is 9.15 Å². The highest BCUT2D eigenvalue weighted by molar-refractivity contribution is 9.10. The maximum Gasteiger partial charge on any atom is 0.198 e. The van der Waals surface area contributed by atoms with Crippen LogP contribution in [-0.2, 0) is 6.54 Å². The summed E-state index contributed by atoms with van der Waals surface area (Å²) in [6, 6.07) is 15.8. The second kappa shape index (κ2) is 6.50. The molecule has 0 amide bonds. The van der Waals surface area contributed by atoms with Gasteiger partial charge in [-0.15, -0.1) is 0 Å². The number of nitrogens with one attached hydrogen (secondary N) is 1. The highest BCUT2D eigenvalue weighted by Gasteiger charge is 2.14. The van der Waals surface area contributed by atoms with Crippen LogP contribution in [0.3, 0.4) is 0 Å². The van der Waals surface area contributed by atoms with E-state index in [4.69, 9.17) is 21.4 Å². The topological polar surface area (TPSA) is 56.0 Å². The number of hydrogen-bond acceptors (Lipinski definition) is 4. The number of aromatic nitrogens is 3. The number of fused-ring (bicyclic) bond motifs is 1. The van der Waals surface area contributed by atoms with Crippen molar-refractivity contribution in [2.45, 2.75) is 6.54 Å². The smallest absolute Gasteiger partial charge is 0.198 e. The minimum atomic E-state index is 0.544. The van der Waals surface area contributed by atoms with Crippen molar-refractivity contribution in [3.05, 3.63) is 63.3 Å².